The number of rotatable bonds is 4. The Labute approximate surface area is 108 Å². The maximum Gasteiger partial charge on any atom is 0.128 e. The van der Waals surface area contributed by atoms with E-state index in [1.807, 2.05) is 18.3 Å². The second-order valence-corrected chi connectivity index (χ2v) is 5.04. The highest BCUT2D eigenvalue weighted by Crippen LogP contribution is 2.13. The largest absolute Gasteiger partial charge is 0.354 e. The van der Waals surface area contributed by atoms with Gasteiger partial charge in [-0.2, -0.15) is 0 Å². The molecule has 0 aromatic carbocycles. The van der Waals surface area contributed by atoms with Crippen LogP contribution in [0, 0.1) is 5.92 Å². The molecule has 4 heteroatoms. The Hall–Kier alpha value is -0.800. The molecule has 0 amide bonds. The molecule has 0 spiro atoms. The molecule has 1 aromatic rings. The minimum Gasteiger partial charge on any atom is -0.354 e. The van der Waals surface area contributed by atoms with Crippen molar-refractivity contribution in [3.63, 3.8) is 0 Å². The summed E-state index contributed by atoms with van der Waals surface area (Å²) in [6.07, 6.45) is 1.86. The van der Waals surface area contributed by atoms with E-state index in [1.54, 1.807) is 0 Å². The highest BCUT2D eigenvalue weighted by atomic mass is 35.5. The summed E-state index contributed by atoms with van der Waals surface area (Å²) in [7, 11) is 0. The maximum absolute atomic E-state index is 5.85. The normalized spacial score (nSPS) is 19.3. The second-order valence-electron chi connectivity index (χ2n) is 4.74. The van der Waals surface area contributed by atoms with Crippen LogP contribution in [0.5, 0.6) is 0 Å². The van der Waals surface area contributed by atoms with Crippen LogP contribution < -0.4 is 4.90 Å². The third-order valence-electron chi connectivity index (χ3n) is 3.18. The van der Waals surface area contributed by atoms with Gasteiger partial charge in [-0.3, -0.25) is 4.90 Å². The Bertz CT molecular complexity index is 323. The summed E-state index contributed by atoms with van der Waals surface area (Å²) in [5.74, 6) is 2.43. The van der Waals surface area contributed by atoms with Crippen LogP contribution in [0.1, 0.15) is 6.92 Å². The van der Waals surface area contributed by atoms with Gasteiger partial charge in [-0.1, -0.05) is 13.0 Å². The van der Waals surface area contributed by atoms with Gasteiger partial charge in [0, 0.05) is 44.8 Å². The molecule has 0 aliphatic carbocycles. The van der Waals surface area contributed by atoms with Crippen LogP contribution in [0.4, 0.5) is 5.82 Å². The Balaban J connectivity index is 1.82. The van der Waals surface area contributed by atoms with E-state index in [1.165, 1.54) is 0 Å². The van der Waals surface area contributed by atoms with Crippen molar-refractivity contribution in [3.8, 4) is 0 Å². The van der Waals surface area contributed by atoms with E-state index in [2.05, 4.69) is 27.8 Å². The number of alkyl halides is 1. The lowest BCUT2D eigenvalue weighted by Crippen LogP contribution is -2.48. The van der Waals surface area contributed by atoms with Crippen LogP contribution in [0.25, 0.3) is 0 Å². The molecule has 0 radical (unpaired) electrons. The molecule has 2 heterocycles. The maximum atomic E-state index is 5.85. The number of hydrogen-bond donors (Lipinski definition) is 0. The van der Waals surface area contributed by atoms with Crippen LogP contribution in [0.2, 0.25) is 0 Å². The van der Waals surface area contributed by atoms with Crippen molar-refractivity contribution in [2.75, 3.05) is 43.5 Å². The Morgan fingerprint density at radius 1 is 1.29 bits per heavy atom. The van der Waals surface area contributed by atoms with E-state index in [9.17, 15) is 0 Å². The van der Waals surface area contributed by atoms with Crippen LogP contribution in [-0.2, 0) is 0 Å². The van der Waals surface area contributed by atoms with Crippen molar-refractivity contribution < 1.29 is 0 Å². The summed E-state index contributed by atoms with van der Waals surface area (Å²) in [5, 5.41) is 0. The fourth-order valence-corrected chi connectivity index (χ4v) is 2.29. The summed E-state index contributed by atoms with van der Waals surface area (Å²) >= 11 is 5.85. The Morgan fingerprint density at radius 3 is 2.65 bits per heavy atom. The van der Waals surface area contributed by atoms with Gasteiger partial charge in [0.05, 0.1) is 0 Å². The van der Waals surface area contributed by atoms with Crippen molar-refractivity contribution in [2.24, 2.45) is 5.92 Å². The Kier molecular flexibility index (Phi) is 4.63. The quantitative estimate of drug-likeness (QED) is 0.766. The first-order chi connectivity index (χ1) is 8.29. The first-order valence-electron chi connectivity index (χ1n) is 6.24. The minimum absolute atomic E-state index is 0.582. The number of piperazine rings is 1. The van der Waals surface area contributed by atoms with E-state index in [-0.39, 0.29) is 0 Å². The van der Waals surface area contributed by atoms with Gasteiger partial charge in [0.2, 0.25) is 0 Å². The molecular formula is C13H20ClN3. The number of nitrogens with zero attached hydrogens (tertiary/aromatic N) is 3. The molecule has 1 unspecified atom stereocenters. The van der Waals surface area contributed by atoms with Crippen molar-refractivity contribution in [1.82, 2.24) is 9.88 Å². The van der Waals surface area contributed by atoms with Gasteiger partial charge in [0.25, 0.3) is 0 Å². The van der Waals surface area contributed by atoms with E-state index in [4.69, 9.17) is 11.6 Å². The standard InChI is InChI=1S/C13H20ClN3/c1-12(10-14)11-16-6-8-17(9-7-16)13-4-2-3-5-15-13/h2-5,12H,6-11H2,1H3. The molecule has 94 valence electrons. The average molecular weight is 254 g/mol. The molecule has 3 nitrogen and oxygen atoms in total. The number of pyridine rings is 1. The lowest BCUT2D eigenvalue weighted by atomic mass is 10.2. The average Bonchev–Trinajstić information content (AvgIpc) is 2.40. The molecule has 0 N–H and O–H groups in total. The third kappa shape index (κ3) is 3.58. The molecule has 1 saturated heterocycles. The molecule has 1 atom stereocenters. The van der Waals surface area contributed by atoms with Gasteiger partial charge in [-0.15, -0.1) is 11.6 Å². The monoisotopic (exact) mass is 253 g/mol. The molecule has 2 rings (SSSR count). The molecule has 1 aromatic heterocycles. The smallest absolute Gasteiger partial charge is 0.128 e. The van der Waals surface area contributed by atoms with Crippen LogP contribution in [0.15, 0.2) is 24.4 Å². The summed E-state index contributed by atoms with van der Waals surface area (Å²) in [6.45, 7) is 7.66. The predicted octanol–water partition coefficient (Wildman–Crippen LogP) is 2.08. The van der Waals surface area contributed by atoms with Gasteiger partial charge >= 0.3 is 0 Å². The molecule has 0 saturated carbocycles. The highest BCUT2D eigenvalue weighted by Gasteiger charge is 2.18. The van der Waals surface area contributed by atoms with Crippen LogP contribution >= 0.6 is 11.6 Å². The zero-order valence-electron chi connectivity index (χ0n) is 10.3. The fourth-order valence-electron chi connectivity index (χ4n) is 2.19. The summed E-state index contributed by atoms with van der Waals surface area (Å²) in [4.78, 5) is 9.23. The zero-order valence-corrected chi connectivity index (χ0v) is 11.1. The summed E-state index contributed by atoms with van der Waals surface area (Å²) in [6, 6.07) is 6.09. The number of anilines is 1. The molecule has 1 aliphatic heterocycles. The van der Waals surface area contributed by atoms with Gasteiger partial charge in [-0.25, -0.2) is 4.98 Å². The minimum atomic E-state index is 0.582. The predicted molar refractivity (Wildman–Crippen MR) is 72.8 cm³/mol. The van der Waals surface area contributed by atoms with Crippen LogP contribution in [-0.4, -0.2) is 48.5 Å². The van der Waals surface area contributed by atoms with E-state index < -0.39 is 0 Å². The van der Waals surface area contributed by atoms with Crippen LogP contribution in [0.3, 0.4) is 0 Å². The zero-order chi connectivity index (χ0) is 12.1. The highest BCUT2D eigenvalue weighted by molar-refractivity contribution is 6.18. The Morgan fingerprint density at radius 2 is 2.06 bits per heavy atom. The lowest BCUT2D eigenvalue weighted by molar-refractivity contribution is 0.232. The van der Waals surface area contributed by atoms with E-state index in [0.29, 0.717) is 5.92 Å². The molecule has 0 bridgehead atoms. The number of aromatic nitrogens is 1. The molecule has 1 aliphatic rings. The fraction of sp³-hybridized carbons (Fsp3) is 0.615. The first kappa shape index (κ1) is 12.7. The van der Waals surface area contributed by atoms with E-state index >= 15 is 0 Å². The van der Waals surface area contributed by atoms with Crippen molar-refractivity contribution in [2.45, 2.75) is 6.92 Å². The topological polar surface area (TPSA) is 19.4 Å². The molecular weight excluding hydrogens is 234 g/mol. The van der Waals surface area contributed by atoms with Gasteiger partial charge in [0.15, 0.2) is 0 Å². The van der Waals surface area contributed by atoms with Crippen molar-refractivity contribution in [1.29, 1.82) is 0 Å². The third-order valence-corrected chi connectivity index (χ3v) is 3.71. The van der Waals surface area contributed by atoms with Gasteiger partial charge < -0.3 is 4.90 Å². The van der Waals surface area contributed by atoms with Crippen molar-refractivity contribution in [3.05, 3.63) is 24.4 Å². The first-order valence-corrected chi connectivity index (χ1v) is 6.77. The van der Waals surface area contributed by atoms with Gasteiger partial charge in [0.1, 0.15) is 5.82 Å². The van der Waals surface area contributed by atoms with Crippen molar-refractivity contribution >= 4 is 17.4 Å². The molecule has 17 heavy (non-hydrogen) atoms. The summed E-state index contributed by atoms with van der Waals surface area (Å²) < 4.78 is 0. The van der Waals surface area contributed by atoms with E-state index in [0.717, 1.165) is 44.4 Å². The SMILES string of the molecule is CC(CCl)CN1CCN(c2ccccn2)CC1. The summed E-state index contributed by atoms with van der Waals surface area (Å²) in [5.41, 5.74) is 0. The van der Waals surface area contributed by atoms with Gasteiger partial charge in [-0.05, 0) is 18.1 Å². The number of halogens is 1. The lowest BCUT2D eigenvalue weighted by Gasteiger charge is -2.36. The molecule has 1 fully saturated rings. The second kappa shape index (κ2) is 6.22. The number of hydrogen-bond acceptors (Lipinski definition) is 3.